The molecule has 1 unspecified atom stereocenters. The molecule has 1 heterocycles. The van der Waals surface area contributed by atoms with Gasteiger partial charge in [0.1, 0.15) is 17.1 Å². The number of anilines is 1. The van der Waals surface area contributed by atoms with E-state index in [0.717, 1.165) is 0 Å². The van der Waals surface area contributed by atoms with Crippen LogP contribution in [-0.2, 0) is 15.1 Å². The zero-order valence-corrected chi connectivity index (χ0v) is 11.2. The number of fused-ring (bicyclic) bond motifs is 1. The van der Waals surface area contributed by atoms with Gasteiger partial charge in [0.2, 0.25) is 0 Å². The zero-order chi connectivity index (χ0) is 23.7. The minimum absolute atomic E-state index is 0.0516. The van der Waals surface area contributed by atoms with Gasteiger partial charge < -0.3 is 5.73 Å². The molecule has 1 saturated carbocycles. The Kier molecular flexibility index (Phi) is 1.55. The number of nitrogens with zero attached hydrogens (tertiary/aromatic N) is 2. The largest absolute Gasteiger partial charge is 0.398 e. The van der Waals surface area contributed by atoms with E-state index in [-0.39, 0.29) is 15.8 Å². The normalized spacial score (nSPS) is 33.6. The number of nitrogens with two attached hydrogens (primary N) is 1. The van der Waals surface area contributed by atoms with Gasteiger partial charge in [-0.05, 0) is 32.2 Å². The second-order valence-corrected chi connectivity index (χ2v) is 4.84. The number of Topliss-reactive ketones (excluding diaryl/α,β-unsaturated/α-hetero) is 2. The second-order valence-electron chi connectivity index (χ2n) is 4.84. The lowest BCUT2D eigenvalue weighted by Gasteiger charge is -2.34. The molecule has 3 rings (SSSR count). The molecule has 1 aliphatic carbocycles. The number of aryl methyl sites for hydroxylation is 1. The second kappa shape index (κ2) is 4.76. The maximum atomic E-state index is 13.5. The van der Waals surface area contributed by atoms with Crippen molar-refractivity contribution in [3.63, 3.8) is 0 Å². The third kappa shape index (κ3) is 1.94. The summed E-state index contributed by atoms with van der Waals surface area (Å²) < 4.78 is 72.1. The highest BCUT2D eigenvalue weighted by Gasteiger charge is 2.41. The molecular formula is C16H17N3O3. The van der Waals surface area contributed by atoms with Gasteiger partial charge in [-0.2, -0.15) is 0 Å². The maximum Gasteiger partial charge on any atom is 0.264 e. The molecule has 0 radical (unpaired) electrons. The average Bonchev–Trinajstić information content (AvgIpc) is 2.60. The van der Waals surface area contributed by atoms with Crippen molar-refractivity contribution in [3.05, 3.63) is 34.4 Å². The van der Waals surface area contributed by atoms with Crippen molar-refractivity contribution >= 4 is 28.2 Å². The SMILES string of the molecule is [2H]C([2H])c1nc2cccc(N)c2c(=O)n1C1(C([2H])([2H])[2H])C(=O)CC(=O)C([2H])([2H])C1([2H])[2H]. The van der Waals surface area contributed by atoms with E-state index in [1.54, 1.807) is 0 Å². The minimum atomic E-state index is -3.77. The molecule has 0 saturated heterocycles. The van der Waals surface area contributed by atoms with E-state index in [1.807, 2.05) is 0 Å². The van der Waals surface area contributed by atoms with Gasteiger partial charge in [-0.1, -0.05) is 6.07 Å². The first kappa shape index (κ1) is 7.17. The lowest BCUT2D eigenvalue weighted by atomic mass is 9.81. The number of carbonyl (C=O) groups is 2. The molecule has 6 heteroatoms. The van der Waals surface area contributed by atoms with E-state index in [9.17, 15) is 14.4 Å². The molecule has 2 N–H and O–H groups in total. The van der Waals surface area contributed by atoms with Crippen LogP contribution in [0.25, 0.3) is 10.9 Å². The summed E-state index contributed by atoms with van der Waals surface area (Å²) in [4.78, 5) is 42.6. The molecule has 1 aromatic carbocycles. The predicted octanol–water partition coefficient (Wildman–Crippen LogP) is 1.32. The van der Waals surface area contributed by atoms with Crippen LogP contribution in [-0.4, -0.2) is 21.1 Å². The van der Waals surface area contributed by atoms with Crippen molar-refractivity contribution in [1.82, 2.24) is 9.55 Å². The van der Waals surface area contributed by atoms with Gasteiger partial charge in [-0.25, -0.2) is 4.98 Å². The van der Waals surface area contributed by atoms with E-state index >= 15 is 0 Å². The number of hydrogen-bond acceptors (Lipinski definition) is 5. The van der Waals surface area contributed by atoms with Crippen LogP contribution in [0.2, 0.25) is 0 Å². The fourth-order valence-electron chi connectivity index (χ4n) is 2.33. The number of benzene rings is 1. The van der Waals surface area contributed by atoms with Crippen LogP contribution >= 0.6 is 0 Å². The monoisotopic (exact) mass is 308 g/mol. The fourth-order valence-corrected chi connectivity index (χ4v) is 2.33. The Morgan fingerprint density at radius 1 is 1.41 bits per heavy atom. The Labute approximate surface area is 139 Å². The highest BCUT2D eigenvalue weighted by molar-refractivity contribution is 6.05. The van der Waals surface area contributed by atoms with Crippen molar-refractivity contribution in [1.29, 1.82) is 0 Å². The molecule has 0 spiro atoms. The predicted molar refractivity (Wildman–Crippen MR) is 82.7 cm³/mol. The number of rotatable bonds is 1. The number of hydrogen-bond donors (Lipinski definition) is 1. The summed E-state index contributed by atoms with van der Waals surface area (Å²) in [5.41, 5.74) is 0.598. The summed E-state index contributed by atoms with van der Waals surface area (Å²) in [5.74, 6) is -3.97. The molecule has 0 aliphatic heterocycles. The van der Waals surface area contributed by atoms with Crippen LogP contribution in [0.15, 0.2) is 23.0 Å². The fraction of sp³-hybridized carbons (Fsp3) is 0.375. The standard InChI is InChI=1S/C16H17N3O3/c1-9-18-12-5-3-4-11(17)14(12)15(22)19(9)16(2)7-6-10(20)8-13(16)21/h3-5H,6-8,17H2,1-2H3/i1D2,2D3,6D2,7D2. The third-order valence-corrected chi connectivity index (χ3v) is 3.40. The van der Waals surface area contributed by atoms with Crippen LogP contribution < -0.4 is 11.3 Å². The lowest BCUT2D eigenvalue weighted by Crippen LogP contribution is -2.49. The molecular weight excluding hydrogens is 282 g/mol. The molecule has 1 atom stereocenters. The number of nitrogen functional groups attached to an aromatic ring is 1. The molecule has 1 fully saturated rings. The van der Waals surface area contributed by atoms with Gasteiger partial charge >= 0.3 is 0 Å². The van der Waals surface area contributed by atoms with Gasteiger partial charge in [-0.3, -0.25) is 19.0 Å². The van der Waals surface area contributed by atoms with Gasteiger partial charge in [0.25, 0.3) is 5.56 Å². The summed E-state index contributed by atoms with van der Waals surface area (Å²) >= 11 is 0. The zero-order valence-electron chi connectivity index (χ0n) is 20.2. The molecule has 0 bridgehead atoms. The number of aromatic nitrogens is 2. The van der Waals surface area contributed by atoms with Crippen LogP contribution in [0.5, 0.6) is 0 Å². The lowest BCUT2D eigenvalue weighted by molar-refractivity contribution is -0.136. The van der Waals surface area contributed by atoms with Gasteiger partial charge in [0.15, 0.2) is 5.78 Å². The summed E-state index contributed by atoms with van der Waals surface area (Å²) in [6.07, 6.45) is -8.56. The van der Waals surface area contributed by atoms with Crippen molar-refractivity contribution < 1.29 is 21.9 Å². The first-order chi connectivity index (χ1) is 14.0. The smallest absolute Gasteiger partial charge is 0.264 e. The van der Waals surface area contributed by atoms with Crippen LogP contribution in [0.3, 0.4) is 0 Å². The van der Waals surface area contributed by atoms with Crippen molar-refractivity contribution in [2.75, 3.05) is 5.73 Å². The Balaban J connectivity index is 2.67. The summed E-state index contributed by atoms with van der Waals surface area (Å²) in [7, 11) is 0. The first-order valence-electron chi connectivity index (χ1n) is 10.9. The highest BCUT2D eigenvalue weighted by Crippen LogP contribution is 2.30. The van der Waals surface area contributed by atoms with Gasteiger partial charge in [-0.15, -0.1) is 0 Å². The molecule has 22 heavy (non-hydrogen) atoms. The average molecular weight is 308 g/mol. The van der Waals surface area contributed by atoms with E-state index in [4.69, 9.17) is 18.1 Å². The summed E-state index contributed by atoms with van der Waals surface area (Å²) in [6.45, 7) is -5.88. The highest BCUT2D eigenvalue weighted by atomic mass is 16.2. The molecule has 1 aliphatic rings. The minimum Gasteiger partial charge on any atom is -0.398 e. The maximum absolute atomic E-state index is 13.5. The molecule has 0 amide bonds. The van der Waals surface area contributed by atoms with Crippen LogP contribution in [0.1, 0.15) is 44.2 Å². The van der Waals surface area contributed by atoms with Crippen molar-refractivity contribution in [2.24, 2.45) is 0 Å². The van der Waals surface area contributed by atoms with E-state index < -0.39 is 66.8 Å². The quantitative estimate of drug-likeness (QED) is 0.633. The molecule has 2 aromatic rings. The van der Waals surface area contributed by atoms with Crippen molar-refractivity contribution in [3.8, 4) is 0 Å². The van der Waals surface area contributed by atoms with E-state index in [2.05, 4.69) is 4.98 Å². The van der Waals surface area contributed by atoms with E-state index in [1.165, 1.54) is 18.2 Å². The molecule has 114 valence electrons. The third-order valence-electron chi connectivity index (χ3n) is 3.40. The Morgan fingerprint density at radius 2 is 2.23 bits per heavy atom. The van der Waals surface area contributed by atoms with Crippen LogP contribution in [0, 0.1) is 6.88 Å². The first-order valence-corrected chi connectivity index (χ1v) is 6.26. The molecule has 6 nitrogen and oxygen atoms in total. The topological polar surface area (TPSA) is 95.0 Å². The Hall–Kier alpha value is -2.50. The number of carbonyl (C=O) groups excluding carboxylic acids is 2. The Morgan fingerprint density at radius 3 is 2.95 bits per heavy atom. The Bertz CT molecular complexity index is 1170. The summed E-state index contributed by atoms with van der Waals surface area (Å²) in [5, 5.41) is -0.392. The van der Waals surface area contributed by atoms with E-state index in [0.29, 0.717) is 0 Å². The van der Waals surface area contributed by atoms with Gasteiger partial charge in [0.05, 0.1) is 17.3 Å². The number of ketones is 2. The van der Waals surface area contributed by atoms with Crippen LogP contribution in [0.4, 0.5) is 5.69 Å². The van der Waals surface area contributed by atoms with Gasteiger partial charge in [0, 0.05) is 24.4 Å². The molecule has 1 aromatic heterocycles. The summed E-state index contributed by atoms with van der Waals surface area (Å²) in [6, 6.07) is 3.98. The van der Waals surface area contributed by atoms with Crippen molar-refractivity contribution in [2.45, 2.75) is 38.4 Å².